The van der Waals surface area contributed by atoms with Gasteiger partial charge < -0.3 is 29.5 Å². The standard InChI is InChI=1S/C21H40N4O9/c1-32-15-21(16-33-2,17-34-3)25-10-8-23(13-19(28)29)6-4-22(12-18(26)27)5-7-24(9-11-25)14-20(30)31/h4-17H2,1-3H3,(H,26,27)(H,28,29)(H,30,31). The fraction of sp³-hybridized carbons (Fsp3) is 0.857. The molecule has 0 aromatic carbocycles. The highest BCUT2D eigenvalue weighted by Crippen LogP contribution is 2.19. The van der Waals surface area contributed by atoms with Gasteiger partial charge in [-0.1, -0.05) is 0 Å². The summed E-state index contributed by atoms with van der Waals surface area (Å²) in [6, 6.07) is 0. The smallest absolute Gasteiger partial charge is 0.317 e. The van der Waals surface area contributed by atoms with Crippen molar-refractivity contribution in [2.75, 3.05) is 113 Å². The monoisotopic (exact) mass is 492 g/mol. The molecule has 0 bridgehead atoms. The van der Waals surface area contributed by atoms with Crippen molar-refractivity contribution in [2.45, 2.75) is 5.54 Å². The predicted octanol–water partition coefficient (Wildman–Crippen LogP) is -1.86. The molecule has 198 valence electrons. The Balaban J connectivity index is 3.23. The molecule has 0 aromatic heterocycles. The van der Waals surface area contributed by atoms with E-state index in [0.29, 0.717) is 72.2 Å². The van der Waals surface area contributed by atoms with Gasteiger partial charge in [-0.2, -0.15) is 0 Å². The molecule has 1 saturated heterocycles. The summed E-state index contributed by atoms with van der Waals surface area (Å²) >= 11 is 0. The highest BCUT2D eigenvalue weighted by Gasteiger charge is 2.38. The number of methoxy groups -OCH3 is 3. The van der Waals surface area contributed by atoms with Crippen molar-refractivity contribution >= 4 is 17.9 Å². The molecule has 3 N–H and O–H groups in total. The maximum absolute atomic E-state index is 11.4. The number of carboxylic acids is 3. The maximum atomic E-state index is 11.4. The molecule has 13 nitrogen and oxygen atoms in total. The van der Waals surface area contributed by atoms with Crippen LogP contribution in [-0.4, -0.2) is 172 Å². The van der Waals surface area contributed by atoms with Crippen LogP contribution in [0.3, 0.4) is 0 Å². The Morgan fingerprint density at radius 3 is 1.09 bits per heavy atom. The van der Waals surface area contributed by atoms with E-state index in [1.165, 1.54) is 0 Å². The lowest BCUT2D eigenvalue weighted by Gasteiger charge is -2.44. The van der Waals surface area contributed by atoms with Gasteiger partial charge in [0, 0.05) is 73.7 Å². The highest BCUT2D eigenvalue weighted by molar-refractivity contribution is 5.69. The lowest BCUT2D eigenvalue weighted by Crippen LogP contribution is -2.61. The van der Waals surface area contributed by atoms with E-state index in [4.69, 9.17) is 14.2 Å². The fourth-order valence-electron chi connectivity index (χ4n) is 4.26. The van der Waals surface area contributed by atoms with Crippen molar-refractivity contribution < 1.29 is 43.9 Å². The molecule has 0 saturated carbocycles. The van der Waals surface area contributed by atoms with Gasteiger partial charge in [0.05, 0.1) is 45.0 Å². The topological polar surface area (TPSA) is 153 Å². The number of nitrogens with zero attached hydrogens (tertiary/aromatic N) is 4. The molecule has 0 aromatic rings. The van der Waals surface area contributed by atoms with E-state index in [0.717, 1.165) is 0 Å². The third-order valence-electron chi connectivity index (χ3n) is 5.82. The van der Waals surface area contributed by atoms with Crippen LogP contribution < -0.4 is 0 Å². The molecule has 0 radical (unpaired) electrons. The van der Waals surface area contributed by atoms with E-state index in [1.54, 1.807) is 36.0 Å². The van der Waals surface area contributed by atoms with E-state index in [-0.39, 0.29) is 19.6 Å². The fourth-order valence-corrected chi connectivity index (χ4v) is 4.26. The summed E-state index contributed by atoms with van der Waals surface area (Å²) in [5.74, 6) is -2.92. The summed E-state index contributed by atoms with van der Waals surface area (Å²) in [7, 11) is 4.75. The third-order valence-corrected chi connectivity index (χ3v) is 5.82. The van der Waals surface area contributed by atoms with Gasteiger partial charge in [-0.05, 0) is 0 Å². The minimum atomic E-state index is -0.990. The largest absolute Gasteiger partial charge is 0.480 e. The summed E-state index contributed by atoms with van der Waals surface area (Å²) in [6.07, 6.45) is 0. The first-order valence-corrected chi connectivity index (χ1v) is 11.2. The molecule has 0 atom stereocenters. The summed E-state index contributed by atoms with van der Waals surface area (Å²) in [5, 5.41) is 28.0. The number of rotatable bonds is 13. The molecule has 1 aliphatic heterocycles. The van der Waals surface area contributed by atoms with Gasteiger partial charge in [-0.3, -0.25) is 34.0 Å². The molecule has 1 fully saturated rings. The summed E-state index contributed by atoms with van der Waals surface area (Å²) in [4.78, 5) is 41.6. The van der Waals surface area contributed by atoms with Crippen molar-refractivity contribution in [1.82, 2.24) is 19.6 Å². The number of ether oxygens (including phenoxy) is 3. The number of carbonyl (C=O) groups is 3. The molecule has 0 spiro atoms. The molecule has 1 heterocycles. The number of carboxylic acid groups (broad SMARTS) is 3. The van der Waals surface area contributed by atoms with E-state index < -0.39 is 23.4 Å². The first-order chi connectivity index (χ1) is 16.2. The van der Waals surface area contributed by atoms with Crippen LogP contribution >= 0.6 is 0 Å². The molecule has 34 heavy (non-hydrogen) atoms. The Hall–Kier alpha value is -1.87. The Bertz CT molecular complexity index is 588. The Labute approximate surface area is 200 Å². The van der Waals surface area contributed by atoms with Gasteiger partial charge in [0.2, 0.25) is 0 Å². The second-order valence-electron chi connectivity index (χ2n) is 8.52. The van der Waals surface area contributed by atoms with Gasteiger partial charge in [0.25, 0.3) is 0 Å². The Morgan fingerprint density at radius 2 is 0.853 bits per heavy atom. The van der Waals surface area contributed by atoms with Gasteiger partial charge in [0.15, 0.2) is 0 Å². The molecule has 1 rings (SSSR count). The van der Waals surface area contributed by atoms with Crippen LogP contribution in [0.5, 0.6) is 0 Å². The zero-order valence-electron chi connectivity index (χ0n) is 20.5. The summed E-state index contributed by atoms with van der Waals surface area (Å²) < 4.78 is 16.5. The molecule has 1 aliphatic rings. The first kappa shape index (κ1) is 30.2. The SMILES string of the molecule is COCC(COC)(COC)N1CCN(CC(=O)O)CCN(CC(=O)O)CCN(CC(=O)O)CC1. The summed E-state index contributed by atoms with van der Waals surface area (Å²) in [6.45, 7) is 3.51. The minimum absolute atomic E-state index is 0.175. The van der Waals surface area contributed by atoms with Crippen LogP contribution in [0.15, 0.2) is 0 Å². The molecule has 13 heteroatoms. The second-order valence-corrected chi connectivity index (χ2v) is 8.52. The minimum Gasteiger partial charge on any atom is -0.480 e. The molecular formula is C21H40N4O9. The van der Waals surface area contributed by atoms with Gasteiger partial charge >= 0.3 is 17.9 Å². The van der Waals surface area contributed by atoms with Crippen molar-refractivity contribution in [3.63, 3.8) is 0 Å². The zero-order valence-corrected chi connectivity index (χ0v) is 20.5. The van der Waals surface area contributed by atoms with E-state index in [1.807, 2.05) is 0 Å². The average molecular weight is 493 g/mol. The maximum Gasteiger partial charge on any atom is 0.317 e. The average Bonchev–Trinajstić information content (AvgIpc) is 2.73. The number of hydrogen-bond acceptors (Lipinski definition) is 10. The quantitative estimate of drug-likeness (QED) is 0.264. The van der Waals surface area contributed by atoms with Crippen molar-refractivity contribution in [2.24, 2.45) is 0 Å². The predicted molar refractivity (Wildman–Crippen MR) is 122 cm³/mol. The molecular weight excluding hydrogens is 452 g/mol. The summed E-state index contributed by atoms with van der Waals surface area (Å²) in [5.41, 5.74) is -0.651. The lowest BCUT2D eigenvalue weighted by molar-refractivity contribution is -0.141. The normalized spacial score (nSPS) is 18.8. The van der Waals surface area contributed by atoms with Crippen molar-refractivity contribution in [1.29, 1.82) is 0 Å². The van der Waals surface area contributed by atoms with Crippen LogP contribution in [0.1, 0.15) is 0 Å². The Morgan fingerprint density at radius 1 is 0.588 bits per heavy atom. The van der Waals surface area contributed by atoms with Gasteiger partial charge in [-0.15, -0.1) is 0 Å². The van der Waals surface area contributed by atoms with Crippen molar-refractivity contribution in [3.8, 4) is 0 Å². The van der Waals surface area contributed by atoms with Crippen LogP contribution in [0.25, 0.3) is 0 Å². The molecule has 0 amide bonds. The van der Waals surface area contributed by atoms with Crippen molar-refractivity contribution in [3.05, 3.63) is 0 Å². The Kier molecular flexibility index (Phi) is 14.1. The third kappa shape index (κ3) is 11.0. The van der Waals surface area contributed by atoms with E-state index in [9.17, 15) is 29.7 Å². The first-order valence-electron chi connectivity index (χ1n) is 11.2. The van der Waals surface area contributed by atoms with Gasteiger partial charge in [0.1, 0.15) is 0 Å². The second kappa shape index (κ2) is 15.9. The van der Waals surface area contributed by atoms with Gasteiger partial charge in [-0.25, -0.2) is 0 Å². The van der Waals surface area contributed by atoms with E-state index in [2.05, 4.69) is 4.90 Å². The van der Waals surface area contributed by atoms with Crippen LogP contribution in [-0.2, 0) is 28.6 Å². The lowest BCUT2D eigenvalue weighted by atomic mass is 9.99. The molecule has 0 unspecified atom stereocenters. The van der Waals surface area contributed by atoms with Crippen LogP contribution in [0, 0.1) is 0 Å². The number of aliphatic carboxylic acids is 3. The highest BCUT2D eigenvalue weighted by atomic mass is 16.5. The molecule has 0 aliphatic carbocycles. The zero-order chi connectivity index (χ0) is 25.6. The van der Waals surface area contributed by atoms with E-state index >= 15 is 0 Å². The number of hydrogen-bond donors (Lipinski definition) is 3. The van der Waals surface area contributed by atoms with Crippen LogP contribution in [0.4, 0.5) is 0 Å². The van der Waals surface area contributed by atoms with Crippen LogP contribution in [0.2, 0.25) is 0 Å².